The van der Waals surface area contributed by atoms with Gasteiger partial charge in [-0.15, -0.1) is 0 Å². The van der Waals surface area contributed by atoms with Crippen molar-refractivity contribution >= 4 is 28.9 Å². The van der Waals surface area contributed by atoms with Gasteiger partial charge < -0.3 is 9.64 Å². The number of thioether (sulfide) groups is 1. The van der Waals surface area contributed by atoms with E-state index < -0.39 is 0 Å². The molecule has 0 bridgehead atoms. The number of hydrogen-bond acceptors (Lipinski definition) is 5. The molecule has 40 heavy (non-hydrogen) atoms. The van der Waals surface area contributed by atoms with Crippen LogP contribution in [0.2, 0.25) is 0 Å². The van der Waals surface area contributed by atoms with Gasteiger partial charge in [-0.25, -0.2) is 9.07 Å². The minimum atomic E-state index is -0.275. The molecule has 0 aliphatic carbocycles. The zero-order valence-electron chi connectivity index (χ0n) is 22.2. The molecule has 1 aromatic heterocycles. The van der Waals surface area contributed by atoms with Crippen LogP contribution in [0.3, 0.4) is 0 Å². The van der Waals surface area contributed by atoms with Crippen LogP contribution in [-0.2, 0) is 11.4 Å². The number of aliphatic imine (C=N–C) groups is 1. The Hall–Kier alpha value is -4.17. The summed E-state index contributed by atoms with van der Waals surface area (Å²) in [4.78, 5) is 20.1. The second-order valence-electron chi connectivity index (χ2n) is 10.1. The van der Waals surface area contributed by atoms with Crippen molar-refractivity contribution in [3.8, 4) is 22.7 Å². The monoisotopic (exact) mass is 552 g/mol. The number of benzene rings is 3. The number of likely N-dealkylation sites (tertiary alicyclic amines) is 1. The second-order valence-corrected chi connectivity index (χ2v) is 11.1. The predicted octanol–water partition coefficient (Wildman–Crippen LogP) is 6.96. The third kappa shape index (κ3) is 5.87. The number of hydrogen-bond donors (Lipinski definition) is 0. The van der Waals surface area contributed by atoms with Gasteiger partial charge in [-0.3, -0.25) is 4.79 Å². The summed E-state index contributed by atoms with van der Waals surface area (Å²) in [6.45, 7) is 4.44. The Labute approximate surface area is 237 Å². The molecule has 0 radical (unpaired) electrons. The molecule has 0 unspecified atom stereocenters. The van der Waals surface area contributed by atoms with Crippen molar-refractivity contribution < 1.29 is 13.9 Å². The molecule has 2 aliphatic rings. The zero-order valence-corrected chi connectivity index (χ0v) is 23.0. The van der Waals surface area contributed by atoms with E-state index in [-0.39, 0.29) is 11.7 Å². The minimum Gasteiger partial charge on any atom is -0.489 e. The number of halogens is 1. The van der Waals surface area contributed by atoms with E-state index in [2.05, 4.69) is 16.8 Å². The standard InChI is InChI=1S/C32H29FN4O2S/c1-22-14-16-36(17-15-22)32-34-31(38)29(40-32)19-25-20-37(27-7-3-2-4-8-27)35-30(25)24-6-5-9-28(18-24)39-21-23-10-12-26(33)13-11-23/h2-13,18-20,22H,14-17,21H2,1H3. The quantitative estimate of drug-likeness (QED) is 0.242. The third-order valence-corrected chi connectivity index (χ3v) is 8.18. The summed E-state index contributed by atoms with van der Waals surface area (Å²) in [6, 6.07) is 23.9. The molecule has 1 amide bonds. The first-order valence-corrected chi connectivity index (χ1v) is 14.2. The summed E-state index contributed by atoms with van der Waals surface area (Å²) < 4.78 is 21.1. The van der Waals surface area contributed by atoms with Crippen molar-refractivity contribution in [1.29, 1.82) is 0 Å². The van der Waals surface area contributed by atoms with Crippen LogP contribution < -0.4 is 4.74 Å². The number of carbonyl (C=O) groups is 1. The molecular formula is C32H29FN4O2S. The Bertz CT molecular complexity index is 1570. The number of amides is 1. The first-order valence-electron chi connectivity index (χ1n) is 13.4. The smallest absolute Gasteiger partial charge is 0.286 e. The molecule has 6 rings (SSSR count). The first-order chi connectivity index (χ1) is 19.5. The number of rotatable bonds is 6. The average Bonchev–Trinajstić information content (AvgIpc) is 3.57. The van der Waals surface area contributed by atoms with Crippen LogP contribution in [0.25, 0.3) is 23.0 Å². The highest BCUT2D eigenvalue weighted by Crippen LogP contribution is 2.35. The van der Waals surface area contributed by atoms with Crippen molar-refractivity contribution in [2.75, 3.05) is 13.1 Å². The molecule has 0 spiro atoms. The average molecular weight is 553 g/mol. The van der Waals surface area contributed by atoms with Crippen LogP contribution in [0.5, 0.6) is 5.75 Å². The molecule has 4 aromatic rings. The highest BCUT2D eigenvalue weighted by Gasteiger charge is 2.28. The fraction of sp³-hybridized carbons (Fsp3) is 0.219. The van der Waals surface area contributed by atoms with Crippen molar-refractivity contribution in [3.05, 3.63) is 107 Å². The summed E-state index contributed by atoms with van der Waals surface area (Å²) in [5.41, 5.74) is 4.21. The van der Waals surface area contributed by atoms with E-state index in [1.165, 1.54) is 23.9 Å². The van der Waals surface area contributed by atoms with Crippen LogP contribution in [0, 0.1) is 11.7 Å². The molecule has 3 heterocycles. The first kappa shape index (κ1) is 26.1. The number of aromatic nitrogens is 2. The normalized spacial score (nSPS) is 16.9. The fourth-order valence-corrected chi connectivity index (χ4v) is 5.74. The van der Waals surface area contributed by atoms with Gasteiger partial charge in [0.25, 0.3) is 5.91 Å². The Morgan fingerprint density at radius 2 is 1.80 bits per heavy atom. The van der Waals surface area contributed by atoms with E-state index in [9.17, 15) is 9.18 Å². The van der Waals surface area contributed by atoms with E-state index in [4.69, 9.17) is 9.84 Å². The van der Waals surface area contributed by atoms with Gasteiger partial charge in [-0.05, 0) is 78.6 Å². The number of piperidine rings is 1. The van der Waals surface area contributed by atoms with Crippen LogP contribution in [-0.4, -0.2) is 38.8 Å². The fourth-order valence-electron chi connectivity index (χ4n) is 4.79. The van der Waals surface area contributed by atoms with Crippen molar-refractivity contribution in [2.24, 2.45) is 10.9 Å². The summed E-state index contributed by atoms with van der Waals surface area (Å²) in [6.07, 6.45) is 6.06. The molecule has 3 aromatic carbocycles. The van der Waals surface area contributed by atoms with Crippen LogP contribution >= 0.6 is 11.8 Å². The highest BCUT2D eigenvalue weighted by atomic mass is 32.2. The Balaban J connectivity index is 1.29. The van der Waals surface area contributed by atoms with Crippen molar-refractivity contribution in [3.63, 3.8) is 0 Å². The summed E-state index contributed by atoms with van der Waals surface area (Å²) in [5, 5.41) is 5.70. The molecule has 202 valence electrons. The largest absolute Gasteiger partial charge is 0.489 e. The van der Waals surface area contributed by atoms with Gasteiger partial charge >= 0.3 is 0 Å². The number of nitrogens with zero attached hydrogens (tertiary/aromatic N) is 4. The van der Waals surface area contributed by atoms with E-state index in [0.29, 0.717) is 23.2 Å². The molecule has 1 saturated heterocycles. The summed E-state index contributed by atoms with van der Waals surface area (Å²) in [7, 11) is 0. The maximum atomic E-state index is 13.3. The maximum absolute atomic E-state index is 13.3. The van der Waals surface area contributed by atoms with Gasteiger partial charge in [0.05, 0.1) is 10.6 Å². The molecular weight excluding hydrogens is 523 g/mol. The Morgan fingerprint density at radius 3 is 2.58 bits per heavy atom. The molecule has 2 aliphatic heterocycles. The summed E-state index contributed by atoms with van der Waals surface area (Å²) >= 11 is 1.44. The number of carbonyl (C=O) groups excluding carboxylic acids is 1. The van der Waals surface area contributed by atoms with E-state index in [1.54, 1.807) is 12.1 Å². The Morgan fingerprint density at radius 1 is 1.02 bits per heavy atom. The Kier molecular flexibility index (Phi) is 7.51. The van der Waals surface area contributed by atoms with Crippen LogP contribution in [0.15, 0.2) is 95.0 Å². The lowest BCUT2D eigenvalue weighted by Crippen LogP contribution is -2.35. The number of ether oxygens (including phenoxy) is 1. The van der Waals surface area contributed by atoms with Gasteiger partial charge in [0.1, 0.15) is 23.9 Å². The molecule has 0 N–H and O–H groups in total. The summed E-state index contributed by atoms with van der Waals surface area (Å²) in [5.74, 6) is 0.888. The lowest BCUT2D eigenvalue weighted by molar-refractivity contribution is -0.113. The number of para-hydroxylation sites is 1. The molecule has 1 fully saturated rings. The van der Waals surface area contributed by atoms with Crippen LogP contribution in [0.4, 0.5) is 4.39 Å². The predicted molar refractivity (Wildman–Crippen MR) is 158 cm³/mol. The SMILES string of the molecule is CC1CCN(C2=NC(=O)C(=Cc3cn(-c4ccccc4)nc3-c3cccc(OCc4ccc(F)cc4)c3)S2)CC1. The van der Waals surface area contributed by atoms with E-state index >= 15 is 0 Å². The second kappa shape index (κ2) is 11.5. The lowest BCUT2D eigenvalue weighted by Gasteiger charge is -2.30. The molecule has 8 heteroatoms. The van der Waals surface area contributed by atoms with Gasteiger partial charge in [-0.1, -0.05) is 49.4 Å². The zero-order chi connectivity index (χ0) is 27.5. The third-order valence-electron chi connectivity index (χ3n) is 7.14. The van der Waals surface area contributed by atoms with Gasteiger partial charge in [0, 0.05) is 30.4 Å². The maximum Gasteiger partial charge on any atom is 0.286 e. The highest BCUT2D eigenvalue weighted by molar-refractivity contribution is 8.18. The van der Waals surface area contributed by atoms with E-state index in [0.717, 1.165) is 59.2 Å². The van der Waals surface area contributed by atoms with Gasteiger partial charge in [0.2, 0.25) is 0 Å². The van der Waals surface area contributed by atoms with Gasteiger partial charge in [-0.2, -0.15) is 10.1 Å². The van der Waals surface area contributed by atoms with Crippen molar-refractivity contribution in [1.82, 2.24) is 14.7 Å². The van der Waals surface area contributed by atoms with Crippen LogP contribution in [0.1, 0.15) is 30.9 Å². The topological polar surface area (TPSA) is 59.7 Å². The van der Waals surface area contributed by atoms with Gasteiger partial charge in [0.15, 0.2) is 5.17 Å². The molecule has 0 saturated carbocycles. The molecule has 0 atom stereocenters. The molecule has 6 nitrogen and oxygen atoms in total. The van der Waals surface area contributed by atoms with Crippen molar-refractivity contribution in [2.45, 2.75) is 26.4 Å². The van der Waals surface area contributed by atoms with E-state index in [1.807, 2.05) is 71.6 Å². The lowest BCUT2D eigenvalue weighted by atomic mass is 10.00. The number of amidine groups is 1. The minimum absolute atomic E-state index is 0.214.